The van der Waals surface area contributed by atoms with Crippen LogP contribution in [0.25, 0.3) is 0 Å². The van der Waals surface area contributed by atoms with Crippen LogP contribution < -0.4 is 0 Å². The Morgan fingerprint density at radius 3 is 2.93 bits per heavy atom. The number of nitrogens with zero attached hydrogens (tertiary/aromatic N) is 3. The van der Waals surface area contributed by atoms with Gasteiger partial charge in [0.15, 0.2) is 0 Å². The fourth-order valence-corrected chi connectivity index (χ4v) is 1.44. The summed E-state index contributed by atoms with van der Waals surface area (Å²) in [5, 5.41) is 0. The first kappa shape index (κ1) is 8.94. The van der Waals surface area contributed by atoms with E-state index in [2.05, 4.69) is 20.6 Å². The molecular formula is C11H13N3. The zero-order valence-electron chi connectivity index (χ0n) is 8.22. The largest absolute Gasteiger partial charge is 0.335 e. The van der Waals surface area contributed by atoms with Gasteiger partial charge in [0.1, 0.15) is 5.82 Å². The summed E-state index contributed by atoms with van der Waals surface area (Å²) >= 11 is 0. The number of pyridine rings is 1. The second-order valence-electron chi connectivity index (χ2n) is 3.28. The molecule has 0 radical (unpaired) electrons. The maximum atomic E-state index is 4.18. The summed E-state index contributed by atoms with van der Waals surface area (Å²) in [5.41, 5.74) is 1.26. The molecule has 0 fully saturated rings. The predicted molar refractivity (Wildman–Crippen MR) is 54.9 cm³/mol. The molecule has 3 nitrogen and oxygen atoms in total. The molecule has 3 heteroatoms. The normalized spacial score (nSPS) is 10.4. The van der Waals surface area contributed by atoms with Gasteiger partial charge in [-0.15, -0.1) is 0 Å². The smallest absolute Gasteiger partial charge is 0.105 e. The quantitative estimate of drug-likeness (QED) is 0.734. The molecule has 2 rings (SSSR count). The molecule has 0 saturated carbocycles. The van der Waals surface area contributed by atoms with Crippen molar-refractivity contribution in [3.8, 4) is 0 Å². The molecule has 0 unspecified atom stereocenters. The average molecular weight is 187 g/mol. The van der Waals surface area contributed by atoms with Crippen molar-refractivity contribution in [3.05, 3.63) is 48.3 Å². The number of hydrogen-bond donors (Lipinski definition) is 0. The molecule has 0 saturated heterocycles. The maximum absolute atomic E-state index is 4.18. The van der Waals surface area contributed by atoms with E-state index >= 15 is 0 Å². The van der Waals surface area contributed by atoms with Crippen LogP contribution in [0.3, 0.4) is 0 Å². The van der Waals surface area contributed by atoms with E-state index in [1.54, 1.807) is 6.20 Å². The Morgan fingerprint density at radius 1 is 1.36 bits per heavy atom. The van der Waals surface area contributed by atoms with Gasteiger partial charge in [0.2, 0.25) is 0 Å². The van der Waals surface area contributed by atoms with Crippen LogP contribution in [0.2, 0.25) is 0 Å². The van der Waals surface area contributed by atoms with Crippen LogP contribution >= 0.6 is 0 Å². The minimum atomic E-state index is 0.970. The molecule has 0 atom stereocenters. The highest BCUT2D eigenvalue weighted by molar-refractivity contribution is 5.08. The van der Waals surface area contributed by atoms with E-state index in [-0.39, 0.29) is 0 Å². The first-order chi connectivity index (χ1) is 6.86. The second kappa shape index (κ2) is 4.05. The van der Waals surface area contributed by atoms with Crippen molar-refractivity contribution in [2.24, 2.45) is 0 Å². The molecule has 2 aromatic heterocycles. The highest BCUT2D eigenvalue weighted by atomic mass is 15.0. The molecular weight excluding hydrogens is 174 g/mol. The van der Waals surface area contributed by atoms with Gasteiger partial charge in [-0.2, -0.15) is 0 Å². The third-order valence-electron chi connectivity index (χ3n) is 2.29. The van der Waals surface area contributed by atoms with E-state index < -0.39 is 0 Å². The fraction of sp³-hybridized carbons (Fsp3) is 0.273. The Kier molecular flexibility index (Phi) is 2.58. The van der Waals surface area contributed by atoms with Crippen LogP contribution in [-0.4, -0.2) is 14.5 Å². The van der Waals surface area contributed by atoms with Crippen molar-refractivity contribution in [3.63, 3.8) is 0 Å². The minimum absolute atomic E-state index is 0.970. The lowest BCUT2D eigenvalue weighted by molar-refractivity contribution is 0.672. The average Bonchev–Trinajstić information content (AvgIpc) is 2.63. The highest BCUT2D eigenvalue weighted by Crippen LogP contribution is 2.01. The number of hydrogen-bond acceptors (Lipinski definition) is 2. The van der Waals surface area contributed by atoms with Crippen LogP contribution in [0.15, 0.2) is 36.9 Å². The van der Waals surface area contributed by atoms with Crippen LogP contribution in [0, 0.1) is 6.92 Å². The van der Waals surface area contributed by atoms with E-state index in [1.165, 1.54) is 5.56 Å². The molecule has 0 amide bonds. The van der Waals surface area contributed by atoms with Gasteiger partial charge in [-0.25, -0.2) is 4.98 Å². The molecule has 2 aromatic rings. The lowest BCUT2D eigenvalue weighted by Crippen LogP contribution is -2.02. The van der Waals surface area contributed by atoms with Crippen molar-refractivity contribution < 1.29 is 0 Å². The highest BCUT2D eigenvalue weighted by Gasteiger charge is 1.97. The number of aromatic nitrogens is 3. The molecule has 0 spiro atoms. The van der Waals surface area contributed by atoms with Gasteiger partial charge in [0, 0.05) is 31.3 Å². The monoisotopic (exact) mass is 187 g/mol. The Balaban J connectivity index is 1.99. The zero-order chi connectivity index (χ0) is 9.80. The molecule has 72 valence electrons. The van der Waals surface area contributed by atoms with E-state index in [0.29, 0.717) is 0 Å². The van der Waals surface area contributed by atoms with E-state index in [0.717, 1.165) is 18.8 Å². The van der Waals surface area contributed by atoms with Crippen LogP contribution in [0.5, 0.6) is 0 Å². The summed E-state index contributed by atoms with van der Waals surface area (Å²) in [5.74, 6) is 1.06. The van der Waals surface area contributed by atoms with Gasteiger partial charge < -0.3 is 4.57 Å². The van der Waals surface area contributed by atoms with Crippen molar-refractivity contribution in [2.75, 3.05) is 0 Å². The third kappa shape index (κ3) is 1.99. The van der Waals surface area contributed by atoms with Gasteiger partial charge in [0.25, 0.3) is 0 Å². The number of rotatable bonds is 3. The molecule has 0 aliphatic heterocycles. The van der Waals surface area contributed by atoms with Gasteiger partial charge in [0.05, 0.1) is 0 Å². The SMILES string of the molecule is Cc1nccn1CCc1cccnc1. The molecule has 14 heavy (non-hydrogen) atoms. The number of imidazole rings is 1. The summed E-state index contributed by atoms with van der Waals surface area (Å²) in [6.07, 6.45) is 8.55. The molecule has 0 aliphatic carbocycles. The summed E-state index contributed by atoms with van der Waals surface area (Å²) in [6, 6.07) is 4.06. The van der Waals surface area contributed by atoms with Crippen molar-refractivity contribution in [1.82, 2.24) is 14.5 Å². The zero-order valence-corrected chi connectivity index (χ0v) is 8.22. The van der Waals surface area contributed by atoms with Crippen LogP contribution in [0.4, 0.5) is 0 Å². The molecule has 2 heterocycles. The van der Waals surface area contributed by atoms with E-state index in [9.17, 15) is 0 Å². The summed E-state index contributed by atoms with van der Waals surface area (Å²) in [7, 11) is 0. The third-order valence-corrected chi connectivity index (χ3v) is 2.29. The lowest BCUT2D eigenvalue weighted by atomic mass is 10.2. The Labute approximate surface area is 83.4 Å². The molecule has 0 bridgehead atoms. The van der Waals surface area contributed by atoms with Gasteiger partial charge in [-0.1, -0.05) is 6.07 Å². The van der Waals surface area contributed by atoms with Crippen LogP contribution in [-0.2, 0) is 13.0 Å². The molecule has 0 N–H and O–H groups in total. The molecule has 0 aliphatic rings. The fourth-order valence-electron chi connectivity index (χ4n) is 1.44. The Morgan fingerprint density at radius 2 is 2.29 bits per heavy atom. The lowest BCUT2D eigenvalue weighted by Gasteiger charge is -2.04. The van der Waals surface area contributed by atoms with Crippen molar-refractivity contribution in [2.45, 2.75) is 19.9 Å². The summed E-state index contributed by atoms with van der Waals surface area (Å²) < 4.78 is 2.15. The topological polar surface area (TPSA) is 30.7 Å². The molecule has 0 aromatic carbocycles. The van der Waals surface area contributed by atoms with Gasteiger partial charge >= 0.3 is 0 Å². The van der Waals surface area contributed by atoms with Gasteiger partial charge in [-0.05, 0) is 25.0 Å². The standard InChI is InChI=1S/C11H13N3/c1-10-13-6-8-14(10)7-4-11-3-2-5-12-9-11/h2-3,5-6,8-9H,4,7H2,1H3. The van der Waals surface area contributed by atoms with Gasteiger partial charge in [-0.3, -0.25) is 4.98 Å². The predicted octanol–water partition coefficient (Wildman–Crippen LogP) is 1.83. The van der Waals surface area contributed by atoms with E-state index in [4.69, 9.17) is 0 Å². The van der Waals surface area contributed by atoms with E-state index in [1.807, 2.05) is 31.6 Å². The Bertz CT molecular complexity index is 392. The first-order valence-electron chi connectivity index (χ1n) is 4.73. The second-order valence-corrected chi connectivity index (χ2v) is 3.28. The Hall–Kier alpha value is -1.64. The van der Waals surface area contributed by atoms with Crippen LogP contribution in [0.1, 0.15) is 11.4 Å². The number of aryl methyl sites for hydroxylation is 3. The van der Waals surface area contributed by atoms with Crippen molar-refractivity contribution in [1.29, 1.82) is 0 Å². The summed E-state index contributed by atoms with van der Waals surface area (Å²) in [6.45, 7) is 2.99. The maximum Gasteiger partial charge on any atom is 0.105 e. The minimum Gasteiger partial charge on any atom is -0.335 e. The first-order valence-corrected chi connectivity index (χ1v) is 4.73. The van der Waals surface area contributed by atoms with Crippen molar-refractivity contribution >= 4 is 0 Å². The summed E-state index contributed by atoms with van der Waals surface area (Å²) in [4.78, 5) is 8.26.